The Morgan fingerprint density at radius 1 is 1.09 bits per heavy atom. The van der Waals surface area contributed by atoms with Crippen molar-refractivity contribution in [1.29, 1.82) is 0 Å². The van der Waals surface area contributed by atoms with Crippen LogP contribution in [0.1, 0.15) is 11.7 Å². The molecule has 2 atom stereocenters. The first-order chi connectivity index (χ1) is 11.1. The fourth-order valence-corrected chi connectivity index (χ4v) is 2.54. The third-order valence-corrected chi connectivity index (χ3v) is 3.63. The molecule has 1 saturated heterocycles. The number of benzene rings is 2. The van der Waals surface area contributed by atoms with E-state index >= 15 is 0 Å². The molecule has 0 spiro atoms. The smallest absolute Gasteiger partial charge is 0.191 e. The third-order valence-electron chi connectivity index (χ3n) is 3.63. The topological polar surface area (TPSA) is 30.5 Å². The molecular formula is C17H16F3NO2. The van der Waals surface area contributed by atoms with Crippen molar-refractivity contribution < 1.29 is 22.6 Å². The summed E-state index contributed by atoms with van der Waals surface area (Å²) in [6, 6.07) is 9.22. The van der Waals surface area contributed by atoms with E-state index in [1.807, 2.05) is 0 Å². The van der Waals surface area contributed by atoms with Crippen molar-refractivity contribution in [3.63, 3.8) is 0 Å². The predicted octanol–water partition coefficient (Wildman–Crippen LogP) is 3.21. The monoisotopic (exact) mass is 323 g/mol. The summed E-state index contributed by atoms with van der Waals surface area (Å²) < 4.78 is 52.5. The summed E-state index contributed by atoms with van der Waals surface area (Å²) in [5.74, 6) is -2.56. The lowest BCUT2D eigenvalue weighted by atomic mass is 10.0. The Hall–Kier alpha value is -2.05. The first-order valence-electron chi connectivity index (χ1n) is 7.33. The van der Waals surface area contributed by atoms with Crippen LogP contribution in [0.25, 0.3) is 0 Å². The summed E-state index contributed by atoms with van der Waals surface area (Å²) in [7, 11) is 0. The van der Waals surface area contributed by atoms with E-state index in [2.05, 4.69) is 5.32 Å². The largest absolute Gasteiger partial charge is 0.477 e. The third kappa shape index (κ3) is 3.65. The standard InChI is InChI=1S/C17H16F3NO2/c18-12-4-1-3-11(9-12)16(15-10-21-7-8-22-15)23-17-13(19)5-2-6-14(17)20/h1-6,9,15-16,21H,7-8,10H2/t15-,16-/m0/s1. The van der Waals surface area contributed by atoms with Gasteiger partial charge in [-0.2, -0.15) is 0 Å². The zero-order chi connectivity index (χ0) is 16.2. The highest BCUT2D eigenvalue weighted by Gasteiger charge is 2.30. The average molecular weight is 323 g/mol. The van der Waals surface area contributed by atoms with Crippen molar-refractivity contribution in [1.82, 2.24) is 5.32 Å². The van der Waals surface area contributed by atoms with E-state index in [4.69, 9.17) is 9.47 Å². The summed E-state index contributed by atoms with van der Waals surface area (Å²) in [5, 5.41) is 3.13. The van der Waals surface area contributed by atoms with E-state index in [1.165, 1.54) is 24.3 Å². The van der Waals surface area contributed by atoms with Gasteiger partial charge >= 0.3 is 0 Å². The normalized spacial score (nSPS) is 19.3. The molecule has 3 nitrogen and oxygen atoms in total. The van der Waals surface area contributed by atoms with Gasteiger partial charge in [-0.15, -0.1) is 0 Å². The molecule has 0 amide bonds. The summed E-state index contributed by atoms with van der Waals surface area (Å²) >= 11 is 0. The summed E-state index contributed by atoms with van der Waals surface area (Å²) in [6.45, 7) is 1.57. The molecule has 1 aliphatic rings. The van der Waals surface area contributed by atoms with Crippen LogP contribution in [-0.2, 0) is 4.74 Å². The lowest BCUT2D eigenvalue weighted by molar-refractivity contribution is -0.0454. The van der Waals surface area contributed by atoms with Crippen LogP contribution in [0.5, 0.6) is 5.75 Å². The quantitative estimate of drug-likeness (QED) is 0.937. The molecule has 1 fully saturated rings. The Kier molecular flexibility index (Phi) is 4.83. The van der Waals surface area contributed by atoms with Gasteiger partial charge in [0.15, 0.2) is 23.5 Å². The molecule has 0 aliphatic carbocycles. The summed E-state index contributed by atoms with van der Waals surface area (Å²) in [5.41, 5.74) is 0.460. The molecule has 23 heavy (non-hydrogen) atoms. The summed E-state index contributed by atoms with van der Waals surface area (Å²) in [4.78, 5) is 0. The second-order valence-corrected chi connectivity index (χ2v) is 5.26. The number of ether oxygens (including phenoxy) is 2. The Morgan fingerprint density at radius 3 is 2.48 bits per heavy atom. The summed E-state index contributed by atoms with van der Waals surface area (Å²) in [6.07, 6.45) is -1.31. The van der Waals surface area contributed by atoms with Gasteiger partial charge in [0.2, 0.25) is 0 Å². The van der Waals surface area contributed by atoms with E-state index in [0.29, 0.717) is 25.3 Å². The molecule has 1 aliphatic heterocycles. The molecule has 0 aromatic heterocycles. The van der Waals surface area contributed by atoms with E-state index in [1.54, 1.807) is 6.07 Å². The van der Waals surface area contributed by atoms with Crippen LogP contribution in [-0.4, -0.2) is 25.8 Å². The Bertz CT molecular complexity index is 654. The molecule has 0 bridgehead atoms. The number of rotatable bonds is 4. The number of hydrogen-bond donors (Lipinski definition) is 1. The van der Waals surface area contributed by atoms with Gasteiger partial charge in [0.05, 0.1) is 6.61 Å². The molecule has 0 saturated carbocycles. The van der Waals surface area contributed by atoms with Gasteiger partial charge in [-0.3, -0.25) is 0 Å². The zero-order valence-electron chi connectivity index (χ0n) is 12.3. The molecule has 1 heterocycles. The van der Waals surface area contributed by atoms with E-state index < -0.39 is 35.4 Å². The van der Waals surface area contributed by atoms with Gasteiger partial charge in [0, 0.05) is 13.1 Å². The highest BCUT2D eigenvalue weighted by Crippen LogP contribution is 2.31. The van der Waals surface area contributed by atoms with Gasteiger partial charge in [-0.05, 0) is 29.8 Å². The number of para-hydroxylation sites is 1. The van der Waals surface area contributed by atoms with Crippen molar-refractivity contribution in [2.45, 2.75) is 12.2 Å². The molecule has 0 radical (unpaired) electrons. The second-order valence-electron chi connectivity index (χ2n) is 5.26. The van der Waals surface area contributed by atoms with Gasteiger partial charge in [0.25, 0.3) is 0 Å². The van der Waals surface area contributed by atoms with Crippen LogP contribution in [0.15, 0.2) is 42.5 Å². The van der Waals surface area contributed by atoms with Gasteiger partial charge < -0.3 is 14.8 Å². The van der Waals surface area contributed by atoms with Gasteiger partial charge in [-0.1, -0.05) is 18.2 Å². The van der Waals surface area contributed by atoms with Crippen LogP contribution in [0.3, 0.4) is 0 Å². The number of nitrogens with one attached hydrogen (secondary N) is 1. The minimum atomic E-state index is -0.829. The van der Waals surface area contributed by atoms with Gasteiger partial charge in [-0.25, -0.2) is 13.2 Å². The fourth-order valence-electron chi connectivity index (χ4n) is 2.54. The molecule has 3 rings (SSSR count). The van der Waals surface area contributed by atoms with Crippen LogP contribution >= 0.6 is 0 Å². The molecule has 6 heteroatoms. The van der Waals surface area contributed by atoms with E-state index in [0.717, 1.165) is 12.1 Å². The number of hydrogen-bond acceptors (Lipinski definition) is 3. The minimum Gasteiger partial charge on any atom is -0.477 e. The van der Waals surface area contributed by atoms with Crippen LogP contribution in [0.4, 0.5) is 13.2 Å². The Morgan fingerprint density at radius 2 is 1.83 bits per heavy atom. The Labute approximate surface area is 132 Å². The maximum atomic E-state index is 13.9. The second kappa shape index (κ2) is 7.02. The molecule has 122 valence electrons. The Balaban J connectivity index is 1.94. The van der Waals surface area contributed by atoms with Crippen LogP contribution in [0.2, 0.25) is 0 Å². The first kappa shape index (κ1) is 15.8. The van der Waals surface area contributed by atoms with E-state index in [-0.39, 0.29) is 0 Å². The zero-order valence-corrected chi connectivity index (χ0v) is 12.3. The number of halogens is 3. The average Bonchev–Trinajstić information content (AvgIpc) is 2.55. The molecule has 2 aromatic rings. The van der Waals surface area contributed by atoms with Crippen molar-refractivity contribution in [2.24, 2.45) is 0 Å². The van der Waals surface area contributed by atoms with Crippen molar-refractivity contribution >= 4 is 0 Å². The van der Waals surface area contributed by atoms with Crippen molar-refractivity contribution in [3.8, 4) is 5.75 Å². The van der Waals surface area contributed by atoms with Gasteiger partial charge in [0.1, 0.15) is 11.9 Å². The molecule has 0 unspecified atom stereocenters. The molecule has 1 N–H and O–H groups in total. The molecular weight excluding hydrogens is 307 g/mol. The predicted molar refractivity (Wildman–Crippen MR) is 78.7 cm³/mol. The maximum Gasteiger partial charge on any atom is 0.191 e. The van der Waals surface area contributed by atoms with Crippen molar-refractivity contribution in [3.05, 3.63) is 65.5 Å². The van der Waals surface area contributed by atoms with Crippen LogP contribution < -0.4 is 10.1 Å². The lowest BCUT2D eigenvalue weighted by Crippen LogP contribution is -2.43. The lowest BCUT2D eigenvalue weighted by Gasteiger charge is -2.31. The highest BCUT2D eigenvalue weighted by molar-refractivity contribution is 5.29. The highest BCUT2D eigenvalue weighted by atomic mass is 19.1. The minimum absolute atomic E-state index is 0.442. The van der Waals surface area contributed by atoms with E-state index in [9.17, 15) is 13.2 Å². The molecule has 2 aromatic carbocycles. The first-order valence-corrected chi connectivity index (χ1v) is 7.33. The van der Waals surface area contributed by atoms with Crippen molar-refractivity contribution in [2.75, 3.05) is 19.7 Å². The maximum absolute atomic E-state index is 13.9. The van der Waals surface area contributed by atoms with Crippen LogP contribution in [0, 0.1) is 17.5 Å². The number of morpholine rings is 1. The SMILES string of the molecule is Fc1cccc([C@H](Oc2c(F)cccc2F)[C@@H]2CNCCO2)c1. The fraction of sp³-hybridized carbons (Fsp3) is 0.294.